The van der Waals surface area contributed by atoms with Crippen LogP contribution in [0.3, 0.4) is 0 Å². The summed E-state index contributed by atoms with van der Waals surface area (Å²) in [7, 11) is 0. The first-order valence-corrected chi connectivity index (χ1v) is 15.8. The van der Waals surface area contributed by atoms with Gasteiger partial charge < -0.3 is 14.2 Å². The van der Waals surface area contributed by atoms with Gasteiger partial charge in [0.15, 0.2) is 0 Å². The molecular weight excluding hydrogens is 439 g/mol. The average Bonchev–Trinajstić information content (AvgIpc) is 2.68. The lowest BCUT2D eigenvalue weighted by Gasteiger charge is -2.15. The van der Waals surface area contributed by atoms with Gasteiger partial charge in [-0.1, -0.05) is 40.0 Å². The molecule has 0 radical (unpaired) electrons. The minimum atomic E-state index is -0.867. The molecule has 6 nitrogen and oxygen atoms in total. The molecule has 0 amide bonds. The SMILES string of the molecule is CCCCOC(=O)CSP(SCC(=O)OCCCC)SCC(=O)OCCCC. The summed E-state index contributed by atoms with van der Waals surface area (Å²) in [4.78, 5) is 35.4. The van der Waals surface area contributed by atoms with E-state index in [0.717, 1.165) is 38.5 Å². The molecule has 0 atom stereocenters. The molecule has 0 aliphatic carbocycles. The van der Waals surface area contributed by atoms with Crippen LogP contribution in [0.15, 0.2) is 0 Å². The van der Waals surface area contributed by atoms with Gasteiger partial charge in [0.25, 0.3) is 0 Å². The summed E-state index contributed by atoms with van der Waals surface area (Å²) >= 11 is 4.29. The van der Waals surface area contributed by atoms with Crippen molar-refractivity contribution in [3.63, 3.8) is 0 Å². The molecule has 28 heavy (non-hydrogen) atoms. The summed E-state index contributed by atoms with van der Waals surface area (Å²) < 4.78 is 15.5. The first kappa shape index (κ1) is 27.9. The van der Waals surface area contributed by atoms with Crippen molar-refractivity contribution < 1.29 is 28.6 Å². The van der Waals surface area contributed by atoms with Crippen molar-refractivity contribution in [3.8, 4) is 0 Å². The largest absolute Gasteiger partial charge is 0.465 e. The van der Waals surface area contributed by atoms with Crippen molar-refractivity contribution in [1.82, 2.24) is 0 Å². The van der Waals surface area contributed by atoms with E-state index in [2.05, 4.69) is 0 Å². The first-order valence-electron chi connectivity index (χ1n) is 9.69. The van der Waals surface area contributed by atoms with Crippen LogP contribution in [0.4, 0.5) is 0 Å². The third kappa shape index (κ3) is 18.0. The fourth-order valence-electron chi connectivity index (χ4n) is 1.54. The molecule has 0 unspecified atom stereocenters. The van der Waals surface area contributed by atoms with Crippen molar-refractivity contribution in [2.75, 3.05) is 37.1 Å². The van der Waals surface area contributed by atoms with Gasteiger partial charge >= 0.3 is 17.9 Å². The van der Waals surface area contributed by atoms with Crippen LogP contribution in [0.5, 0.6) is 0 Å². The normalized spacial score (nSPS) is 10.7. The number of hydrogen-bond acceptors (Lipinski definition) is 9. The lowest BCUT2D eigenvalue weighted by atomic mass is 10.4. The molecule has 0 rings (SSSR count). The molecule has 0 heterocycles. The molecule has 0 fully saturated rings. The Hall–Kier alpha value is -0.110. The van der Waals surface area contributed by atoms with Gasteiger partial charge in [0.2, 0.25) is 0 Å². The number of carbonyl (C=O) groups is 3. The molecule has 0 aliphatic rings. The minimum Gasteiger partial charge on any atom is -0.465 e. The highest BCUT2D eigenvalue weighted by molar-refractivity contribution is 9.12. The van der Waals surface area contributed by atoms with Crippen LogP contribution in [0.25, 0.3) is 0 Å². The van der Waals surface area contributed by atoms with Crippen molar-refractivity contribution in [3.05, 3.63) is 0 Å². The third-order valence-electron chi connectivity index (χ3n) is 3.15. The van der Waals surface area contributed by atoms with Gasteiger partial charge in [-0.3, -0.25) is 14.4 Å². The zero-order chi connectivity index (χ0) is 21.0. The lowest BCUT2D eigenvalue weighted by Crippen LogP contribution is -2.09. The maximum Gasteiger partial charge on any atom is 0.316 e. The number of ether oxygens (including phenoxy) is 3. The summed E-state index contributed by atoms with van der Waals surface area (Å²) in [5.74, 6) is -0.142. The minimum absolute atomic E-state index is 0.213. The predicted octanol–water partition coefficient (Wildman–Crippen LogP) is 5.44. The second kappa shape index (κ2) is 20.2. The Morgan fingerprint density at radius 2 is 0.893 bits per heavy atom. The third-order valence-corrected chi connectivity index (χ3v) is 13.6. The molecule has 0 spiro atoms. The van der Waals surface area contributed by atoms with Crippen LogP contribution in [-0.4, -0.2) is 55.0 Å². The van der Waals surface area contributed by atoms with E-state index in [1.165, 1.54) is 34.1 Å². The van der Waals surface area contributed by atoms with Crippen molar-refractivity contribution in [2.45, 2.75) is 59.3 Å². The van der Waals surface area contributed by atoms with Gasteiger partial charge in [-0.05, 0) is 19.3 Å². The number of esters is 3. The Labute approximate surface area is 182 Å². The molecule has 0 saturated carbocycles. The zero-order valence-electron chi connectivity index (χ0n) is 17.1. The Bertz CT molecular complexity index is 378. The number of hydrogen-bond donors (Lipinski definition) is 0. The summed E-state index contributed by atoms with van der Waals surface area (Å²) in [6.45, 7) is 7.40. The fourth-order valence-corrected chi connectivity index (χ4v) is 10.1. The maximum absolute atomic E-state index is 11.8. The number of rotatable bonds is 18. The Kier molecular flexibility index (Phi) is 20.1. The van der Waals surface area contributed by atoms with Gasteiger partial charge in [0.1, 0.15) is 0 Å². The molecular formula is C18H33O6PS3. The molecule has 0 saturated heterocycles. The lowest BCUT2D eigenvalue weighted by molar-refractivity contribution is -0.141. The fraction of sp³-hybridized carbons (Fsp3) is 0.833. The molecule has 0 aromatic heterocycles. The molecule has 0 aromatic rings. The van der Waals surface area contributed by atoms with Crippen molar-refractivity contribution >= 4 is 57.6 Å². The monoisotopic (exact) mass is 472 g/mol. The van der Waals surface area contributed by atoms with Gasteiger partial charge in [0.05, 0.1) is 42.6 Å². The van der Waals surface area contributed by atoms with Crippen LogP contribution in [0.2, 0.25) is 0 Å². The molecule has 164 valence electrons. The molecule has 0 aromatic carbocycles. The van der Waals surface area contributed by atoms with Gasteiger partial charge in [-0.25, -0.2) is 0 Å². The number of carbonyl (C=O) groups excluding carboxylic acids is 3. The van der Waals surface area contributed by atoms with E-state index in [0.29, 0.717) is 19.8 Å². The van der Waals surface area contributed by atoms with Crippen LogP contribution in [0, 0.1) is 0 Å². The second-order valence-corrected chi connectivity index (χ2v) is 15.5. The van der Waals surface area contributed by atoms with Crippen LogP contribution in [0.1, 0.15) is 59.3 Å². The quantitative estimate of drug-likeness (QED) is 0.112. The Morgan fingerprint density at radius 1 is 0.607 bits per heavy atom. The van der Waals surface area contributed by atoms with E-state index in [-0.39, 0.29) is 35.2 Å². The van der Waals surface area contributed by atoms with Crippen molar-refractivity contribution in [2.24, 2.45) is 0 Å². The average molecular weight is 473 g/mol. The Morgan fingerprint density at radius 3 is 1.14 bits per heavy atom. The van der Waals surface area contributed by atoms with E-state index >= 15 is 0 Å². The topological polar surface area (TPSA) is 78.9 Å². The smallest absolute Gasteiger partial charge is 0.316 e. The summed E-state index contributed by atoms with van der Waals surface area (Å²) in [5, 5.41) is 0. The van der Waals surface area contributed by atoms with Crippen LogP contribution < -0.4 is 0 Å². The summed E-state index contributed by atoms with van der Waals surface area (Å²) in [6, 6.07) is 0. The van der Waals surface area contributed by atoms with E-state index in [4.69, 9.17) is 14.2 Å². The molecule has 0 bridgehead atoms. The van der Waals surface area contributed by atoms with E-state index in [1.807, 2.05) is 20.8 Å². The molecule has 10 heteroatoms. The predicted molar refractivity (Wildman–Crippen MR) is 122 cm³/mol. The highest BCUT2D eigenvalue weighted by Gasteiger charge is 2.18. The number of unbranched alkanes of at least 4 members (excludes halogenated alkanes) is 3. The maximum atomic E-state index is 11.8. The van der Waals surface area contributed by atoms with Gasteiger partial charge in [0, 0.05) is 0 Å². The molecule has 0 N–H and O–H groups in total. The van der Waals surface area contributed by atoms with E-state index < -0.39 is 5.53 Å². The first-order chi connectivity index (χ1) is 13.5. The highest BCUT2D eigenvalue weighted by atomic mass is 33.4. The Balaban J connectivity index is 4.33. The van der Waals surface area contributed by atoms with Gasteiger partial charge in [-0.2, -0.15) is 0 Å². The van der Waals surface area contributed by atoms with Gasteiger partial charge in [-0.15, -0.1) is 34.1 Å². The second-order valence-electron chi connectivity index (χ2n) is 5.77. The van der Waals surface area contributed by atoms with Crippen LogP contribution >= 0.6 is 39.7 Å². The molecule has 0 aliphatic heterocycles. The zero-order valence-corrected chi connectivity index (χ0v) is 20.5. The van der Waals surface area contributed by atoms with Crippen molar-refractivity contribution in [1.29, 1.82) is 0 Å². The van der Waals surface area contributed by atoms with E-state index in [9.17, 15) is 14.4 Å². The van der Waals surface area contributed by atoms with Crippen LogP contribution in [-0.2, 0) is 28.6 Å². The van der Waals surface area contributed by atoms with E-state index in [1.54, 1.807) is 0 Å². The summed E-state index contributed by atoms with van der Waals surface area (Å²) in [6.07, 6.45) is 5.46. The summed E-state index contributed by atoms with van der Waals surface area (Å²) in [5.41, 5.74) is -0.867. The standard InChI is InChI=1S/C18H33O6PS3/c1-4-7-10-22-16(19)13-26-25(27-14-17(20)23-11-8-5-2)28-15-18(21)24-12-9-6-3/h4-15H2,1-3H3. The highest BCUT2D eigenvalue weighted by Crippen LogP contribution is 2.70.